The maximum atomic E-state index is 7.58. The quantitative estimate of drug-likeness (QED) is 0.218. The molecule has 5 rings (SSSR count). The van der Waals surface area contributed by atoms with E-state index in [4.69, 9.17) is 11.0 Å². The molecule has 0 bridgehead atoms. The van der Waals surface area contributed by atoms with Crippen LogP contribution in [-0.2, 0) is 13.5 Å². The molecule has 0 radical (unpaired) electrons. The lowest BCUT2D eigenvalue weighted by Crippen LogP contribution is -2.33. The molecule has 3 aromatic carbocycles. The summed E-state index contributed by atoms with van der Waals surface area (Å²) < 4.78 is 8.74. The van der Waals surface area contributed by atoms with E-state index in [2.05, 4.69) is 86.6 Å². The molecule has 0 atom stereocenters. The lowest BCUT2D eigenvalue weighted by atomic mass is 9.92. The number of para-hydroxylation sites is 2. The summed E-state index contributed by atoms with van der Waals surface area (Å²) in [4.78, 5) is 3.70. The van der Waals surface area contributed by atoms with Gasteiger partial charge < -0.3 is 4.42 Å². The predicted octanol–water partition coefficient (Wildman–Crippen LogP) is 7.60. The van der Waals surface area contributed by atoms with Gasteiger partial charge in [0.15, 0.2) is 0 Å². The minimum Gasteiger partial charge on any atom is -0.466 e. The maximum absolute atomic E-state index is 7.58. The summed E-state index contributed by atoms with van der Waals surface area (Å²) in [5, 5.41) is 3.37. The molecule has 0 fully saturated rings. The van der Waals surface area contributed by atoms with E-state index in [1.54, 1.807) is 0 Å². The molecular formula is C29H27N2O+. The minimum absolute atomic E-state index is 0.559. The summed E-state index contributed by atoms with van der Waals surface area (Å²) in [5.41, 5.74) is 9.37. The molecule has 5 aromatic rings. The minimum atomic E-state index is 0.559. The molecule has 3 nitrogen and oxygen atoms in total. The maximum Gasteiger partial charge on any atom is 0.229 e. The molecule has 0 aliphatic heterocycles. The zero-order valence-electron chi connectivity index (χ0n) is 19.3. The molecule has 32 heavy (non-hydrogen) atoms. The number of hydrogen-bond acceptors (Lipinski definition) is 1. The molecule has 0 saturated carbocycles. The molecule has 0 aliphatic carbocycles. The van der Waals surface area contributed by atoms with Crippen LogP contribution in [0.15, 0.2) is 59.0 Å². The van der Waals surface area contributed by atoms with Crippen molar-refractivity contribution < 1.29 is 8.98 Å². The van der Waals surface area contributed by atoms with Crippen LogP contribution in [0.3, 0.4) is 0 Å². The van der Waals surface area contributed by atoms with Gasteiger partial charge in [0.05, 0.1) is 12.1 Å². The third kappa shape index (κ3) is 2.99. The lowest BCUT2D eigenvalue weighted by Gasteiger charge is -2.14. The normalized spacial score (nSPS) is 11.7. The summed E-state index contributed by atoms with van der Waals surface area (Å²) in [6, 6.07) is 19.0. The molecule has 0 aliphatic rings. The van der Waals surface area contributed by atoms with Gasteiger partial charge in [0.1, 0.15) is 18.2 Å². The smallest absolute Gasteiger partial charge is 0.229 e. The first-order valence-electron chi connectivity index (χ1n) is 11.1. The van der Waals surface area contributed by atoms with Crippen molar-refractivity contribution in [3.05, 3.63) is 82.7 Å². The zero-order valence-corrected chi connectivity index (χ0v) is 19.3. The van der Waals surface area contributed by atoms with E-state index < -0.39 is 0 Å². The van der Waals surface area contributed by atoms with E-state index in [9.17, 15) is 0 Å². The van der Waals surface area contributed by atoms with Crippen molar-refractivity contribution in [2.75, 3.05) is 0 Å². The number of nitrogens with zero attached hydrogens (tertiary/aromatic N) is 2. The summed E-state index contributed by atoms with van der Waals surface area (Å²) in [6.07, 6.45) is 1.02. The van der Waals surface area contributed by atoms with E-state index in [0.29, 0.717) is 17.2 Å². The lowest BCUT2D eigenvalue weighted by molar-refractivity contribution is -0.633. The fourth-order valence-electron chi connectivity index (χ4n) is 4.90. The van der Waals surface area contributed by atoms with Gasteiger partial charge in [-0.15, -0.1) is 0 Å². The number of fused-ring (bicyclic) bond motifs is 4. The number of furan rings is 1. The highest BCUT2D eigenvalue weighted by molar-refractivity contribution is 6.13. The average molecular weight is 420 g/mol. The number of pyridine rings is 1. The van der Waals surface area contributed by atoms with E-state index in [1.807, 2.05) is 12.1 Å². The molecule has 158 valence electrons. The second kappa shape index (κ2) is 7.50. The van der Waals surface area contributed by atoms with Crippen molar-refractivity contribution >= 4 is 38.5 Å². The first-order chi connectivity index (χ1) is 15.4. The number of hydrogen-bond donors (Lipinski definition) is 0. The Balaban J connectivity index is 1.94. The number of aryl methyl sites for hydroxylation is 2. The average Bonchev–Trinajstić information content (AvgIpc) is 3.15. The van der Waals surface area contributed by atoms with Crippen molar-refractivity contribution in [2.24, 2.45) is 13.0 Å². The summed E-state index contributed by atoms with van der Waals surface area (Å²) >= 11 is 0. The third-order valence-electron chi connectivity index (χ3n) is 6.58. The third-order valence-corrected chi connectivity index (χ3v) is 6.58. The van der Waals surface area contributed by atoms with Gasteiger partial charge in [0.2, 0.25) is 16.9 Å². The highest BCUT2D eigenvalue weighted by Gasteiger charge is 2.25. The van der Waals surface area contributed by atoms with E-state index in [0.717, 1.165) is 34.0 Å². The SMILES string of the molecule is [C-]#[N+]c1cccc2c1oc1c(-c3cc(CC(C)C)c4ccccc4[n+]3C)c(C)c(C)cc12. The van der Waals surface area contributed by atoms with Crippen LogP contribution in [0.2, 0.25) is 0 Å². The Labute approximate surface area is 188 Å². The van der Waals surface area contributed by atoms with Gasteiger partial charge in [-0.05, 0) is 55.0 Å². The molecule has 0 spiro atoms. The number of benzene rings is 3. The Kier molecular flexibility index (Phi) is 4.75. The van der Waals surface area contributed by atoms with Crippen molar-refractivity contribution in [3.63, 3.8) is 0 Å². The first kappa shape index (κ1) is 20.3. The standard InChI is InChI=1S/C29H27N2O/c1-17(2)14-20-16-26(31(6)25-13-8-7-10-21(20)25)27-19(4)18(3)15-23-22-11-9-12-24(30-5)28(22)32-29(23)27/h7-13,15-17H,14H2,1-4,6H3/q+1. The Morgan fingerprint density at radius 2 is 1.69 bits per heavy atom. The molecule has 0 saturated heterocycles. The van der Waals surface area contributed by atoms with Gasteiger partial charge in [-0.3, -0.25) is 0 Å². The Morgan fingerprint density at radius 3 is 2.44 bits per heavy atom. The highest BCUT2D eigenvalue weighted by atomic mass is 16.3. The van der Waals surface area contributed by atoms with Crippen molar-refractivity contribution in [1.82, 2.24) is 0 Å². The van der Waals surface area contributed by atoms with Crippen molar-refractivity contribution in [1.29, 1.82) is 0 Å². The van der Waals surface area contributed by atoms with E-state index >= 15 is 0 Å². The van der Waals surface area contributed by atoms with Gasteiger partial charge in [-0.2, -0.15) is 4.57 Å². The van der Waals surface area contributed by atoms with Crippen LogP contribution in [0.4, 0.5) is 5.69 Å². The summed E-state index contributed by atoms with van der Waals surface area (Å²) in [6.45, 7) is 16.4. The highest BCUT2D eigenvalue weighted by Crippen LogP contribution is 2.41. The van der Waals surface area contributed by atoms with E-state index in [1.165, 1.54) is 27.6 Å². The number of rotatable bonds is 3. The summed E-state index contributed by atoms with van der Waals surface area (Å²) in [7, 11) is 2.14. The van der Waals surface area contributed by atoms with Crippen LogP contribution in [0, 0.1) is 26.3 Å². The molecule has 0 unspecified atom stereocenters. The van der Waals surface area contributed by atoms with Gasteiger partial charge in [0, 0.05) is 28.3 Å². The van der Waals surface area contributed by atoms with Gasteiger partial charge in [0.25, 0.3) is 0 Å². The van der Waals surface area contributed by atoms with Crippen LogP contribution >= 0.6 is 0 Å². The molecule has 2 heterocycles. The fourth-order valence-corrected chi connectivity index (χ4v) is 4.90. The van der Waals surface area contributed by atoms with Crippen LogP contribution in [0.1, 0.15) is 30.5 Å². The molecule has 2 aromatic heterocycles. The van der Waals surface area contributed by atoms with Crippen LogP contribution in [-0.4, -0.2) is 0 Å². The second-order valence-electron chi connectivity index (χ2n) is 9.17. The van der Waals surface area contributed by atoms with Crippen LogP contribution in [0.25, 0.3) is 48.9 Å². The first-order valence-corrected chi connectivity index (χ1v) is 11.1. The Hall–Kier alpha value is -3.64. The Bertz CT molecular complexity index is 1560. The molecular weight excluding hydrogens is 392 g/mol. The zero-order chi connectivity index (χ0) is 22.6. The monoisotopic (exact) mass is 419 g/mol. The largest absolute Gasteiger partial charge is 0.466 e. The Morgan fingerprint density at radius 1 is 0.938 bits per heavy atom. The van der Waals surface area contributed by atoms with Crippen LogP contribution in [0.5, 0.6) is 0 Å². The second-order valence-corrected chi connectivity index (χ2v) is 9.17. The topological polar surface area (TPSA) is 21.4 Å². The molecule has 0 N–H and O–H groups in total. The van der Waals surface area contributed by atoms with Gasteiger partial charge in [-0.25, -0.2) is 4.85 Å². The number of aromatic nitrogens is 1. The van der Waals surface area contributed by atoms with Crippen molar-refractivity contribution in [2.45, 2.75) is 34.1 Å². The predicted molar refractivity (Wildman–Crippen MR) is 132 cm³/mol. The molecule has 0 amide bonds. The van der Waals surface area contributed by atoms with Gasteiger partial charge in [-0.1, -0.05) is 44.2 Å². The fraction of sp³-hybridized carbons (Fsp3) is 0.241. The van der Waals surface area contributed by atoms with E-state index in [-0.39, 0.29) is 0 Å². The molecule has 3 heteroatoms. The van der Waals surface area contributed by atoms with Crippen molar-refractivity contribution in [3.8, 4) is 11.3 Å². The van der Waals surface area contributed by atoms with Crippen LogP contribution < -0.4 is 4.57 Å². The van der Waals surface area contributed by atoms with Gasteiger partial charge >= 0.3 is 0 Å². The summed E-state index contributed by atoms with van der Waals surface area (Å²) in [5.74, 6) is 0.560.